The predicted octanol–water partition coefficient (Wildman–Crippen LogP) is 2.12. The summed E-state index contributed by atoms with van der Waals surface area (Å²) in [6, 6.07) is 9.35. The molecule has 1 fully saturated rings. The first-order valence-electron chi connectivity index (χ1n) is 6.25. The minimum absolute atomic E-state index is 0.524. The molecule has 3 rings (SSSR count). The highest BCUT2D eigenvalue weighted by Gasteiger charge is 2.29. The van der Waals surface area contributed by atoms with Gasteiger partial charge in [-0.25, -0.2) is 0 Å². The summed E-state index contributed by atoms with van der Waals surface area (Å²) < 4.78 is 0. The zero-order chi connectivity index (χ0) is 11.8. The Labute approximate surface area is 102 Å². The standard InChI is InChI=1S/C14H19N3/c1-17-9-10(8-15)6-14(17)12-3-2-11-4-5-16-13(11)7-12/h2-5,7,10,14,16H,6,8-9,15H2,1H3. The SMILES string of the molecule is CN1CC(CN)CC1c1ccc2cc[nH]c2c1. The summed E-state index contributed by atoms with van der Waals surface area (Å²) in [5, 5.41) is 1.28. The lowest BCUT2D eigenvalue weighted by Crippen LogP contribution is -2.20. The van der Waals surface area contributed by atoms with Crippen LogP contribution in [0.1, 0.15) is 18.0 Å². The molecular weight excluding hydrogens is 210 g/mol. The number of fused-ring (bicyclic) bond motifs is 1. The quantitative estimate of drug-likeness (QED) is 0.828. The molecule has 2 heterocycles. The molecule has 3 nitrogen and oxygen atoms in total. The van der Waals surface area contributed by atoms with E-state index >= 15 is 0 Å². The normalized spacial score (nSPS) is 25.8. The topological polar surface area (TPSA) is 45.0 Å². The lowest BCUT2D eigenvalue weighted by Gasteiger charge is -2.19. The summed E-state index contributed by atoms with van der Waals surface area (Å²) in [6.07, 6.45) is 3.18. The van der Waals surface area contributed by atoms with Crippen LogP contribution in [-0.2, 0) is 0 Å². The Morgan fingerprint density at radius 3 is 3.06 bits per heavy atom. The molecule has 0 amide bonds. The number of hydrogen-bond donors (Lipinski definition) is 2. The van der Waals surface area contributed by atoms with E-state index < -0.39 is 0 Å². The van der Waals surface area contributed by atoms with E-state index in [2.05, 4.69) is 41.2 Å². The highest BCUT2D eigenvalue weighted by Crippen LogP contribution is 2.34. The van der Waals surface area contributed by atoms with E-state index in [1.165, 1.54) is 22.9 Å². The number of likely N-dealkylation sites (tertiary alicyclic amines) is 1. The first-order valence-corrected chi connectivity index (χ1v) is 6.25. The summed E-state index contributed by atoms with van der Waals surface area (Å²) in [5.74, 6) is 0.643. The summed E-state index contributed by atoms with van der Waals surface area (Å²) in [6.45, 7) is 1.91. The van der Waals surface area contributed by atoms with Gasteiger partial charge in [0.05, 0.1) is 0 Å². The van der Waals surface area contributed by atoms with Gasteiger partial charge in [0.2, 0.25) is 0 Å². The molecule has 90 valence electrons. The Morgan fingerprint density at radius 2 is 2.29 bits per heavy atom. The van der Waals surface area contributed by atoms with Crippen molar-refractivity contribution in [2.24, 2.45) is 11.7 Å². The Kier molecular flexibility index (Phi) is 2.65. The fourth-order valence-electron chi connectivity index (χ4n) is 2.94. The average molecular weight is 229 g/mol. The van der Waals surface area contributed by atoms with Gasteiger partial charge in [0.25, 0.3) is 0 Å². The van der Waals surface area contributed by atoms with Crippen LogP contribution in [0.4, 0.5) is 0 Å². The number of nitrogens with two attached hydrogens (primary N) is 1. The highest BCUT2D eigenvalue weighted by atomic mass is 15.2. The summed E-state index contributed by atoms with van der Waals surface area (Å²) >= 11 is 0. The van der Waals surface area contributed by atoms with E-state index in [4.69, 9.17) is 5.73 Å². The average Bonchev–Trinajstić information content (AvgIpc) is 2.93. The molecule has 0 spiro atoms. The van der Waals surface area contributed by atoms with Crippen LogP contribution in [-0.4, -0.2) is 30.0 Å². The first kappa shape index (κ1) is 10.8. The maximum atomic E-state index is 5.78. The minimum Gasteiger partial charge on any atom is -0.361 e. The molecule has 3 N–H and O–H groups in total. The molecule has 17 heavy (non-hydrogen) atoms. The van der Waals surface area contributed by atoms with E-state index in [1.54, 1.807) is 0 Å². The van der Waals surface area contributed by atoms with Crippen molar-refractivity contribution in [2.75, 3.05) is 20.1 Å². The number of benzene rings is 1. The third-order valence-electron chi connectivity index (χ3n) is 3.93. The van der Waals surface area contributed by atoms with Crippen molar-refractivity contribution in [2.45, 2.75) is 12.5 Å². The second-order valence-corrected chi connectivity index (χ2v) is 5.12. The van der Waals surface area contributed by atoms with Crippen LogP contribution in [0.25, 0.3) is 10.9 Å². The third-order valence-corrected chi connectivity index (χ3v) is 3.93. The van der Waals surface area contributed by atoms with Gasteiger partial charge >= 0.3 is 0 Å². The summed E-state index contributed by atoms with van der Waals surface area (Å²) in [4.78, 5) is 5.70. The van der Waals surface area contributed by atoms with Gasteiger partial charge in [-0.3, -0.25) is 4.90 Å². The number of hydrogen-bond acceptors (Lipinski definition) is 2. The highest BCUT2D eigenvalue weighted by molar-refractivity contribution is 5.80. The lowest BCUT2D eigenvalue weighted by atomic mass is 9.99. The number of H-pyrrole nitrogens is 1. The number of nitrogens with one attached hydrogen (secondary N) is 1. The van der Waals surface area contributed by atoms with Crippen molar-refractivity contribution in [1.82, 2.24) is 9.88 Å². The molecular formula is C14H19N3. The summed E-state index contributed by atoms with van der Waals surface area (Å²) in [5.41, 5.74) is 8.41. The largest absolute Gasteiger partial charge is 0.361 e. The van der Waals surface area contributed by atoms with Gasteiger partial charge in [0.15, 0.2) is 0 Å². The van der Waals surface area contributed by atoms with Crippen molar-refractivity contribution < 1.29 is 0 Å². The van der Waals surface area contributed by atoms with Crippen molar-refractivity contribution in [3.05, 3.63) is 36.0 Å². The molecule has 0 bridgehead atoms. The molecule has 1 aromatic carbocycles. The molecule has 3 heteroatoms. The van der Waals surface area contributed by atoms with Gasteiger partial charge < -0.3 is 10.7 Å². The van der Waals surface area contributed by atoms with Crippen LogP contribution in [0.15, 0.2) is 30.5 Å². The van der Waals surface area contributed by atoms with Crippen LogP contribution in [0, 0.1) is 5.92 Å². The molecule has 2 aromatic rings. The van der Waals surface area contributed by atoms with E-state index in [0.717, 1.165) is 13.1 Å². The molecule has 2 atom stereocenters. The second kappa shape index (κ2) is 4.17. The Bertz CT molecular complexity index is 517. The van der Waals surface area contributed by atoms with E-state index in [9.17, 15) is 0 Å². The molecule has 2 unspecified atom stereocenters. The number of aromatic amines is 1. The van der Waals surface area contributed by atoms with Crippen LogP contribution in [0.2, 0.25) is 0 Å². The van der Waals surface area contributed by atoms with Gasteiger partial charge in [0.1, 0.15) is 0 Å². The molecule has 0 saturated carbocycles. The number of rotatable bonds is 2. The second-order valence-electron chi connectivity index (χ2n) is 5.12. The van der Waals surface area contributed by atoms with E-state index in [0.29, 0.717) is 12.0 Å². The van der Waals surface area contributed by atoms with Crippen LogP contribution < -0.4 is 5.73 Å². The molecule has 0 radical (unpaired) electrons. The van der Waals surface area contributed by atoms with Gasteiger partial charge in [-0.2, -0.15) is 0 Å². The van der Waals surface area contributed by atoms with Crippen LogP contribution >= 0.6 is 0 Å². The van der Waals surface area contributed by atoms with Crippen molar-refractivity contribution in [1.29, 1.82) is 0 Å². The molecule has 1 saturated heterocycles. The fraction of sp³-hybridized carbons (Fsp3) is 0.429. The maximum Gasteiger partial charge on any atom is 0.0457 e. The van der Waals surface area contributed by atoms with Gasteiger partial charge in [-0.1, -0.05) is 12.1 Å². The molecule has 1 aromatic heterocycles. The number of nitrogens with zero attached hydrogens (tertiary/aromatic N) is 1. The summed E-state index contributed by atoms with van der Waals surface area (Å²) in [7, 11) is 2.19. The number of aromatic nitrogens is 1. The Morgan fingerprint density at radius 1 is 1.41 bits per heavy atom. The van der Waals surface area contributed by atoms with Crippen molar-refractivity contribution in [3.63, 3.8) is 0 Å². The molecule has 0 aliphatic carbocycles. The smallest absolute Gasteiger partial charge is 0.0457 e. The van der Waals surface area contributed by atoms with Gasteiger partial charge in [-0.15, -0.1) is 0 Å². The van der Waals surface area contributed by atoms with Crippen LogP contribution in [0.5, 0.6) is 0 Å². The Balaban J connectivity index is 1.92. The fourth-order valence-corrected chi connectivity index (χ4v) is 2.94. The van der Waals surface area contributed by atoms with Gasteiger partial charge in [0, 0.05) is 24.3 Å². The maximum absolute atomic E-state index is 5.78. The zero-order valence-corrected chi connectivity index (χ0v) is 10.2. The lowest BCUT2D eigenvalue weighted by molar-refractivity contribution is 0.314. The van der Waals surface area contributed by atoms with Crippen molar-refractivity contribution >= 4 is 10.9 Å². The first-order chi connectivity index (χ1) is 8.28. The Hall–Kier alpha value is -1.32. The van der Waals surface area contributed by atoms with Crippen LogP contribution in [0.3, 0.4) is 0 Å². The van der Waals surface area contributed by atoms with E-state index in [-0.39, 0.29) is 0 Å². The zero-order valence-electron chi connectivity index (χ0n) is 10.2. The monoisotopic (exact) mass is 229 g/mol. The van der Waals surface area contributed by atoms with Crippen molar-refractivity contribution in [3.8, 4) is 0 Å². The minimum atomic E-state index is 0.524. The molecule has 1 aliphatic rings. The predicted molar refractivity (Wildman–Crippen MR) is 70.8 cm³/mol. The third kappa shape index (κ3) is 1.85. The molecule has 1 aliphatic heterocycles. The van der Waals surface area contributed by atoms with Gasteiger partial charge in [-0.05, 0) is 49.0 Å². The van der Waals surface area contributed by atoms with E-state index in [1.807, 2.05) is 6.20 Å².